The van der Waals surface area contributed by atoms with Gasteiger partial charge in [-0.3, -0.25) is 4.98 Å². The van der Waals surface area contributed by atoms with E-state index in [0.29, 0.717) is 5.92 Å². The first kappa shape index (κ1) is 44.7. The van der Waals surface area contributed by atoms with Crippen LogP contribution in [0.2, 0.25) is 19.6 Å². The molecule has 0 saturated heterocycles. The zero-order valence-corrected chi connectivity index (χ0v) is 40.6. The molecule has 60 heavy (non-hydrogen) atoms. The summed E-state index contributed by atoms with van der Waals surface area (Å²) in [5.74, 6) is 1.50. The van der Waals surface area contributed by atoms with E-state index in [-0.39, 0.29) is 30.9 Å². The third-order valence-corrected chi connectivity index (χ3v) is 12.8. The third-order valence-electron chi connectivity index (χ3n) is 10.7. The Labute approximate surface area is 372 Å². The number of fused-ring (bicyclic) bond motifs is 2. The molecule has 0 fully saturated rings. The summed E-state index contributed by atoms with van der Waals surface area (Å²) >= 11 is 0. The minimum atomic E-state index is -1.34. The molecule has 8 rings (SSSR count). The quantitative estimate of drug-likeness (QED) is 0.113. The van der Waals surface area contributed by atoms with Crippen molar-refractivity contribution in [1.82, 2.24) is 14.5 Å². The Morgan fingerprint density at radius 3 is 2.05 bits per heavy atom. The summed E-state index contributed by atoms with van der Waals surface area (Å²) in [6.45, 7) is 25.2. The van der Waals surface area contributed by atoms with Gasteiger partial charge >= 0.3 is 0 Å². The molecular formula is C54H59IrN3OSi-2. The average Bonchev–Trinajstić information content (AvgIpc) is 3.78. The largest absolute Gasteiger partial charge is 0.557 e. The van der Waals surface area contributed by atoms with Crippen molar-refractivity contribution in [3.05, 3.63) is 157 Å². The minimum Gasteiger partial charge on any atom is -0.557 e. The Balaban J connectivity index is 0.000000243. The number of pyridine rings is 1. The van der Waals surface area contributed by atoms with Crippen LogP contribution in [0, 0.1) is 23.7 Å². The first-order valence-electron chi connectivity index (χ1n) is 21.0. The van der Waals surface area contributed by atoms with Crippen LogP contribution in [0.3, 0.4) is 0 Å². The molecule has 311 valence electrons. The standard InChI is InChI=1S/C36H35N2O.C18H24NSi.Ir/c1-35(2,3)22-24-11-20-29-30(23-39-33(29)21-24)34-37-31-9-7-8-10-32(31)38(34)28-18-14-26(15-19-28)25-12-16-27(17-13-25)36(4,5)6;1-14(2)11-16-12-17(15-9-7-6-8-10-15)19-13-18(16)20(3,4)5;/h7-21H,22H2,1-6H3;6-9,12-14H,11H2,1-5H3;/q2*-1;. The van der Waals surface area contributed by atoms with Crippen LogP contribution < -0.4 is 5.19 Å². The van der Waals surface area contributed by atoms with Crippen LogP contribution in [0.5, 0.6) is 0 Å². The van der Waals surface area contributed by atoms with E-state index in [1.165, 1.54) is 33.0 Å². The van der Waals surface area contributed by atoms with Gasteiger partial charge in [-0.1, -0.05) is 164 Å². The second-order valence-corrected chi connectivity index (χ2v) is 24.7. The van der Waals surface area contributed by atoms with Crippen LogP contribution in [-0.2, 0) is 38.4 Å². The van der Waals surface area contributed by atoms with Crippen molar-refractivity contribution in [3.8, 4) is 39.5 Å². The van der Waals surface area contributed by atoms with Crippen molar-refractivity contribution in [1.29, 1.82) is 0 Å². The first-order valence-corrected chi connectivity index (χ1v) is 24.5. The molecule has 0 aliphatic carbocycles. The van der Waals surface area contributed by atoms with E-state index in [4.69, 9.17) is 9.40 Å². The van der Waals surface area contributed by atoms with E-state index in [1.54, 1.807) is 0 Å². The molecule has 0 atom stereocenters. The summed E-state index contributed by atoms with van der Waals surface area (Å²) in [4.78, 5) is 9.74. The molecule has 6 heteroatoms. The fourth-order valence-electron chi connectivity index (χ4n) is 7.81. The molecule has 3 heterocycles. The van der Waals surface area contributed by atoms with Gasteiger partial charge in [-0.25, -0.2) is 0 Å². The van der Waals surface area contributed by atoms with Crippen LogP contribution in [-0.4, -0.2) is 22.6 Å². The summed E-state index contributed by atoms with van der Waals surface area (Å²) in [5.41, 5.74) is 13.8. The summed E-state index contributed by atoms with van der Waals surface area (Å²) in [6.07, 6.45) is 7.41. The van der Waals surface area contributed by atoms with Gasteiger partial charge in [0.05, 0.1) is 24.9 Å². The summed E-state index contributed by atoms with van der Waals surface area (Å²) in [7, 11) is -1.34. The van der Waals surface area contributed by atoms with Crippen molar-refractivity contribution in [2.75, 3.05) is 0 Å². The van der Waals surface area contributed by atoms with Crippen molar-refractivity contribution >= 4 is 35.3 Å². The van der Waals surface area contributed by atoms with Crippen LogP contribution in [0.15, 0.2) is 132 Å². The zero-order valence-electron chi connectivity index (χ0n) is 37.2. The summed E-state index contributed by atoms with van der Waals surface area (Å²) < 4.78 is 8.19. The number of benzene rings is 5. The molecule has 0 aliphatic heterocycles. The van der Waals surface area contributed by atoms with E-state index >= 15 is 0 Å². The fourth-order valence-corrected chi connectivity index (χ4v) is 9.40. The van der Waals surface area contributed by atoms with Gasteiger partial charge < -0.3 is 14.0 Å². The van der Waals surface area contributed by atoms with Crippen molar-refractivity contribution in [3.63, 3.8) is 0 Å². The monoisotopic (exact) mass is 986 g/mol. The molecule has 0 saturated carbocycles. The molecule has 4 nitrogen and oxygen atoms in total. The number of imidazole rings is 1. The minimum absolute atomic E-state index is 0. The SMILES string of the molecule is CC(C)(C)Cc1ccc2c(-c3nc4ccccc4n3-c3ccc(-c4ccc(C(C)(C)C)cc4)cc3)[c-]oc2c1.CC(C)Cc1cc(-c2[c-]cccc2)ncc1[Si](C)(C)C.[Ir]. The van der Waals surface area contributed by atoms with E-state index < -0.39 is 8.07 Å². The van der Waals surface area contributed by atoms with E-state index in [9.17, 15) is 0 Å². The maximum Gasteiger partial charge on any atom is 0.0798 e. The molecule has 0 spiro atoms. The number of furan rings is 1. The molecule has 0 aliphatic rings. The molecule has 0 unspecified atom stereocenters. The van der Waals surface area contributed by atoms with E-state index in [2.05, 4.69) is 200 Å². The second-order valence-electron chi connectivity index (χ2n) is 19.6. The normalized spacial score (nSPS) is 12.1. The Hall–Kier alpha value is -4.87. The number of para-hydroxylation sites is 2. The maximum atomic E-state index is 5.98. The van der Waals surface area contributed by atoms with Gasteiger partial charge in [-0.05, 0) is 81.4 Å². The van der Waals surface area contributed by atoms with Gasteiger partial charge in [0.15, 0.2) is 0 Å². The molecule has 1 radical (unpaired) electrons. The molecule has 0 N–H and O–H groups in total. The molecule has 5 aromatic carbocycles. The van der Waals surface area contributed by atoms with Crippen molar-refractivity contribution < 1.29 is 24.5 Å². The van der Waals surface area contributed by atoms with Gasteiger partial charge in [0, 0.05) is 43.8 Å². The van der Waals surface area contributed by atoms with Gasteiger partial charge in [0.2, 0.25) is 0 Å². The average molecular weight is 986 g/mol. The Bertz CT molecular complexity index is 2670. The predicted molar refractivity (Wildman–Crippen MR) is 252 cm³/mol. The maximum absolute atomic E-state index is 5.98. The number of rotatable bonds is 8. The van der Waals surface area contributed by atoms with Gasteiger partial charge in [-0.15, -0.1) is 42.0 Å². The van der Waals surface area contributed by atoms with Crippen molar-refractivity contribution in [2.45, 2.75) is 93.3 Å². The van der Waals surface area contributed by atoms with Gasteiger partial charge in [-0.2, -0.15) is 0 Å². The van der Waals surface area contributed by atoms with Gasteiger partial charge in [0.1, 0.15) is 0 Å². The first-order chi connectivity index (χ1) is 27.9. The molecule has 8 aromatic rings. The van der Waals surface area contributed by atoms with E-state index in [1.807, 2.05) is 24.3 Å². The Morgan fingerprint density at radius 1 is 0.767 bits per heavy atom. The number of aromatic nitrogens is 3. The van der Waals surface area contributed by atoms with Crippen LogP contribution in [0.4, 0.5) is 0 Å². The molecular weight excluding hydrogens is 927 g/mol. The van der Waals surface area contributed by atoms with Crippen molar-refractivity contribution in [2.24, 2.45) is 11.3 Å². The Kier molecular flexibility index (Phi) is 13.4. The van der Waals surface area contributed by atoms with Crippen LogP contribution in [0.1, 0.15) is 72.1 Å². The summed E-state index contributed by atoms with van der Waals surface area (Å²) in [5, 5.41) is 2.52. The zero-order chi connectivity index (χ0) is 42.1. The fraction of sp³-hybridized carbons (Fsp3) is 0.296. The molecule has 0 amide bonds. The Morgan fingerprint density at radius 2 is 1.43 bits per heavy atom. The van der Waals surface area contributed by atoms with Crippen LogP contribution >= 0.6 is 0 Å². The smallest absolute Gasteiger partial charge is 0.0798 e. The second kappa shape index (κ2) is 18.0. The number of hydrogen-bond donors (Lipinski definition) is 0. The van der Waals surface area contributed by atoms with Crippen LogP contribution in [0.25, 0.3) is 61.5 Å². The topological polar surface area (TPSA) is 43.9 Å². The molecule has 3 aromatic heterocycles. The number of nitrogens with zero attached hydrogens (tertiary/aromatic N) is 3. The predicted octanol–water partition coefficient (Wildman–Crippen LogP) is 14.1. The van der Waals surface area contributed by atoms with Gasteiger partial charge in [0.25, 0.3) is 0 Å². The van der Waals surface area contributed by atoms with E-state index in [0.717, 1.165) is 63.2 Å². The number of hydrogen-bond acceptors (Lipinski definition) is 3. The molecule has 0 bridgehead atoms. The summed E-state index contributed by atoms with van der Waals surface area (Å²) in [6, 6.07) is 46.0. The third kappa shape index (κ3) is 10.3.